The lowest BCUT2D eigenvalue weighted by atomic mass is 9.92. The maximum absolute atomic E-state index is 14.5. The quantitative estimate of drug-likeness (QED) is 0.275. The van der Waals surface area contributed by atoms with E-state index in [2.05, 4.69) is 20.3 Å². The lowest BCUT2D eigenvalue weighted by Crippen LogP contribution is -2.62. The number of carbonyl (C=O) groups is 3. The second-order valence-electron chi connectivity index (χ2n) is 15.3. The van der Waals surface area contributed by atoms with Crippen molar-refractivity contribution >= 4 is 44.5 Å². The Balaban J connectivity index is 1.20. The molecular formula is C37H44F3N5O7S. The number of carbonyl (C=O) groups excluding carboxylic acids is 3. The summed E-state index contributed by atoms with van der Waals surface area (Å²) in [5.41, 5.74) is -1.26. The van der Waals surface area contributed by atoms with Crippen molar-refractivity contribution < 1.29 is 45.1 Å². The summed E-state index contributed by atoms with van der Waals surface area (Å²) in [4.78, 5) is 48.7. The maximum atomic E-state index is 14.5. The van der Waals surface area contributed by atoms with Crippen LogP contribution in [0.1, 0.15) is 89.5 Å². The molecule has 7 rings (SSSR count). The van der Waals surface area contributed by atoms with Crippen LogP contribution in [0, 0.1) is 5.92 Å². The van der Waals surface area contributed by atoms with Gasteiger partial charge in [-0.25, -0.2) is 8.42 Å². The number of para-hydroxylation sites is 2. The van der Waals surface area contributed by atoms with Crippen LogP contribution < -0.4 is 20.1 Å². The Morgan fingerprint density at radius 2 is 1.77 bits per heavy atom. The standard InChI is InChI=1S/C37H44F3N5O7S/c1-35(17-18-35)53(49,50)44-33(48)36-16-15-23(21-36)9-4-2-3-5-13-28(41-25-11-8-10-24(19-25)37(38,39)40)32(47)45-22-26(20-29(45)31(46)43-36)51-34-42-27-12-6-7-14-30(27)52-34/h6-8,10-12,14,19,23,26,28-29,41H,2-5,9,13,15-18,20-22H2,1H3,(H,43,46)(H,44,48)/t23?,26-,28+,29+,36-/m1/s1. The Bertz CT molecular complexity index is 1950. The van der Waals surface area contributed by atoms with Gasteiger partial charge in [0.15, 0.2) is 5.58 Å². The molecule has 4 fully saturated rings. The monoisotopic (exact) mass is 759 g/mol. The number of amides is 3. The number of oxazole rings is 1. The molecule has 3 N–H and O–H groups in total. The maximum Gasteiger partial charge on any atom is 0.416 e. The van der Waals surface area contributed by atoms with Gasteiger partial charge >= 0.3 is 12.3 Å². The van der Waals surface area contributed by atoms with Crippen molar-refractivity contribution in [2.45, 2.75) is 119 Å². The highest BCUT2D eigenvalue weighted by molar-refractivity contribution is 7.91. The smallest absolute Gasteiger partial charge is 0.416 e. The Morgan fingerprint density at radius 3 is 2.51 bits per heavy atom. The number of rotatable bonds is 7. The number of hydrogen-bond acceptors (Lipinski definition) is 9. The molecule has 4 aliphatic rings. The van der Waals surface area contributed by atoms with Gasteiger partial charge in [-0.05, 0) is 81.7 Å². The minimum Gasteiger partial charge on any atom is -0.445 e. The molecule has 1 unspecified atom stereocenters. The van der Waals surface area contributed by atoms with E-state index in [1.807, 2.05) is 0 Å². The van der Waals surface area contributed by atoms with E-state index in [0.29, 0.717) is 43.2 Å². The van der Waals surface area contributed by atoms with Crippen molar-refractivity contribution in [1.29, 1.82) is 0 Å². The lowest BCUT2D eigenvalue weighted by molar-refractivity contribution is -0.141. The highest BCUT2D eigenvalue weighted by atomic mass is 32.2. The Morgan fingerprint density at radius 1 is 1.02 bits per heavy atom. The number of benzene rings is 2. The molecule has 0 radical (unpaired) electrons. The predicted molar refractivity (Wildman–Crippen MR) is 188 cm³/mol. The minimum absolute atomic E-state index is 0.00985. The number of ether oxygens (including phenoxy) is 1. The molecule has 16 heteroatoms. The molecule has 2 aliphatic carbocycles. The van der Waals surface area contributed by atoms with E-state index >= 15 is 0 Å². The fourth-order valence-electron chi connectivity index (χ4n) is 7.88. The number of alkyl halides is 3. The third-order valence-corrected chi connectivity index (χ3v) is 13.5. The van der Waals surface area contributed by atoms with E-state index in [1.54, 1.807) is 31.2 Å². The zero-order valence-corrected chi connectivity index (χ0v) is 30.2. The molecule has 3 amide bonds. The lowest BCUT2D eigenvalue weighted by Gasteiger charge is -2.34. The first kappa shape index (κ1) is 37.0. The summed E-state index contributed by atoms with van der Waals surface area (Å²) in [7, 11) is -4.01. The molecule has 3 aromatic rings. The SMILES string of the molecule is CC1(S(=O)(=O)NC(=O)[C@]23CCC(CCCCCC[C@H](Nc4cccc(C(F)(F)F)c4)C(=O)N4C[C@H](Oc5nc6ccccc6o5)C[C@H]4C(=O)N2)C3)CC1. The Labute approximate surface area is 305 Å². The highest BCUT2D eigenvalue weighted by Gasteiger charge is 2.55. The van der Waals surface area contributed by atoms with Crippen LogP contribution in [0.5, 0.6) is 6.08 Å². The summed E-state index contributed by atoms with van der Waals surface area (Å²) in [6.45, 7) is 1.50. The van der Waals surface area contributed by atoms with Crippen LogP contribution in [0.15, 0.2) is 52.9 Å². The number of anilines is 1. The number of fused-ring (bicyclic) bond motifs is 4. The van der Waals surface area contributed by atoms with E-state index in [9.17, 15) is 36.0 Å². The Kier molecular flexibility index (Phi) is 9.87. The number of nitrogens with zero attached hydrogens (tertiary/aromatic N) is 2. The summed E-state index contributed by atoms with van der Waals surface area (Å²) >= 11 is 0. The van der Waals surface area contributed by atoms with Gasteiger partial charge in [-0.1, -0.05) is 50.3 Å². The van der Waals surface area contributed by atoms with Crippen molar-refractivity contribution in [2.24, 2.45) is 5.92 Å². The molecule has 12 nitrogen and oxygen atoms in total. The third kappa shape index (κ3) is 7.83. The van der Waals surface area contributed by atoms with E-state index in [4.69, 9.17) is 9.15 Å². The average Bonchev–Trinajstić information content (AvgIpc) is 3.42. The molecule has 1 aromatic heterocycles. The van der Waals surface area contributed by atoms with Crippen molar-refractivity contribution in [3.05, 3.63) is 54.1 Å². The molecule has 53 heavy (non-hydrogen) atoms. The zero-order valence-electron chi connectivity index (χ0n) is 29.4. The summed E-state index contributed by atoms with van der Waals surface area (Å²) in [5.74, 6) is -1.89. The highest BCUT2D eigenvalue weighted by Crippen LogP contribution is 2.44. The van der Waals surface area contributed by atoms with Crippen LogP contribution in [0.2, 0.25) is 0 Å². The molecule has 286 valence electrons. The van der Waals surface area contributed by atoms with Gasteiger partial charge in [0.2, 0.25) is 21.8 Å². The average molecular weight is 760 g/mol. The molecule has 2 saturated carbocycles. The normalized spacial score (nSPS) is 28.0. The third-order valence-electron chi connectivity index (χ3n) is 11.3. The van der Waals surface area contributed by atoms with Gasteiger partial charge in [0.1, 0.15) is 29.2 Å². The van der Waals surface area contributed by atoms with Crippen molar-refractivity contribution in [3.63, 3.8) is 0 Å². The van der Waals surface area contributed by atoms with Gasteiger partial charge in [0.05, 0.1) is 16.9 Å². The number of halogens is 3. The minimum atomic E-state index is -4.59. The molecule has 2 aromatic carbocycles. The second kappa shape index (κ2) is 14.1. The Hall–Kier alpha value is -4.34. The zero-order chi connectivity index (χ0) is 37.6. The second-order valence-corrected chi connectivity index (χ2v) is 17.5. The van der Waals surface area contributed by atoms with Crippen molar-refractivity contribution in [2.75, 3.05) is 11.9 Å². The van der Waals surface area contributed by atoms with Crippen LogP contribution in [-0.4, -0.2) is 71.0 Å². The summed E-state index contributed by atoms with van der Waals surface area (Å²) in [6.07, 6.45) is 0.596. The van der Waals surface area contributed by atoms with Gasteiger partial charge in [-0.2, -0.15) is 18.2 Å². The molecule has 0 spiro atoms. The van der Waals surface area contributed by atoms with Crippen LogP contribution in [-0.2, 0) is 30.6 Å². The van der Waals surface area contributed by atoms with Gasteiger partial charge in [0, 0.05) is 12.1 Å². The van der Waals surface area contributed by atoms with Crippen molar-refractivity contribution in [1.82, 2.24) is 19.9 Å². The van der Waals surface area contributed by atoms with E-state index in [-0.39, 0.29) is 43.5 Å². The molecule has 2 saturated heterocycles. The van der Waals surface area contributed by atoms with Crippen molar-refractivity contribution in [3.8, 4) is 6.08 Å². The van der Waals surface area contributed by atoms with Crippen LogP contribution >= 0.6 is 0 Å². The first-order valence-electron chi connectivity index (χ1n) is 18.3. The number of nitrogens with one attached hydrogen (secondary N) is 3. The van der Waals surface area contributed by atoms with E-state index in [1.165, 1.54) is 17.0 Å². The van der Waals surface area contributed by atoms with Crippen LogP contribution in [0.4, 0.5) is 18.9 Å². The first-order chi connectivity index (χ1) is 25.1. The molecular weight excluding hydrogens is 715 g/mol. The van der Waals surface area contributed by atoms with Crippen LogP contribution in [0.25, 0.3) is 11.1 Å². The first-order valence-corrected chi connectivity index (χ1v) is 19.8. The van der Waals surface area contributed by atoms with E-state index in [0.717, 1.165) is 37.8 Å². The topological polar surface area (TPSA) is 160 Å². The number of sulfonamides is 1. The number of aromatic nitrogens is 1. The summed E-state index contributed by atoms with van der Waals surface area (Å²) in [6, 6.07) is 9.51. The van der Waals surface area contributed by atoms with Gasteiger partial charge in [0.25, 0.3) is 5.91 Å². The van der Waals surface area contributed by atoms with Crippen LogP contribution in [0.3, 0.4) is 0 Å². The largest absolute Gasteiger partial charge is 0.445 e. The fraction of sp³-hybridized carbons (Fsp3) is 0.568. The molecule has 5 atom stereocenters. The molecule has 3 heterocycles. The molecule has 2 bridgehead atoms. The van der Waals surface area contributed by atoms with Gasteiger partial charge in [-0.3, -0.25) is 19.1 Å². The van der Waals surface area contributed by atoms with E-state index < -0.39 is 68.0 Å². The molecule has 2 aliphatic heterocycles. The summed E-state index contributed by atoms with van der Waals surface area (Å²) in [5, 5.41) is 5.94. The predicted octanol–water partition coefficient (Wildman–Crippen LogP) is 5.68. The fourth-order valence-corrected chi connectivity index (χ4v) is 9.20. The number of hydrogen-bond donors (Lipinski definition) is 3. The van der Waals surface area contributed by atoms with Gasteiger partial charge in [-0.15, -0.1) is 0 Å². The van der Waals surface area contributed by atoms with Gasteiger partial charge < -0.3 is 24.7 Å². The summed E-state index contributed by atoms with van der Waals surface area (Å²) < 4.78 is 80.3.